The van der Waals surface area contributed by atoms with Gasteiger partial charge in [0, 0.05) is 12.4 Å². The monoisotopic (exact) mass is 277 g/mol. The van der Waals surface area contributed by atoms with Gasteiger partial charge in [0.25, 0.3) is 0 Å². The molecule has 6 heteroatoms. The van der Waals surface area contributed by atoms with Gasteiger partial charge in [-0.1, -0.05) is 6.92 Å². The molecule has 0 fully saturated rings. The number of aromatic nitrogens is 3. The molecule has 0 saturated carbocycles. The summed E-state index contributed by atoms with van der Waals surface area (Å²) in [4.78, 5) is 25.1. The maximum absolute atomic E-state index is 11.7. The quantitative estimate of drug-likeness (QED) is 0.804. The number of nitrogens with zero attached hydrogens (tertiary/aromatic N) is 3. The Kier molecular flexibility index (Phi) is 4.21. The number of thiazole rings is 1. The first-order chi connectivity index (χ1) is 9.15. The predicted octanol–water partition coefficient (Wildman–Crippen LogP) is 2.65. The summed E-state index contributed by atoms with van der Waals surface area (Å²) in [6, 6.07) is 0. The number of aryl methyl sites for hydroxylation is 2. The lowest BCUT2D eigenvalue weighted by atomic mass is 10.3. The lowest BCUT2D eigenvalue weighted by molar-refractivity contribution is 0.0531. The Balaban J connectivity index is 2.30. The normalized spacial score (nSPS) is 10.5. The number of hydrogen-bond acceptors (Lipinski definition) is 6. The van der Waals surface area contributed by atoms with E-state index in [2.05, 4.69) is 15.0 Å². The third kappa shape index (κ3) is 2.96. The van der Waals surface area contributed by atoms with Gasteiger partial charge in [0.2, 0.25) is 0 Å². The summed E-state index contributed by atoms with van der Waals surface area (Å²) in [6.45, 7) is 5.96. The van der Waals surface area contributed by atoms with Crippen molar-refractivity contribution in [2.24, 2.45) is 0 Å². The minimum Gasteiger partial charge on any atom is -0.462 e. The van der Waals surface area contributed by atoms with Crippen molar-refractivity contribution in [2.75, 3.05) is 6.61 Å². The van der Waals surface area contributed by atoms with Crippen molar-refractivity contribution in [1.82, 2.24) is 15.0 Å². The Morgan fingerprint density at radius 1 is 1.32 bits per heavy atom. The van der Waals surface area contributed by atoms with Crippen molar-refractivity contribution in [3.63, 3.8) is 0 Å². The molecule has 19 heavy (non-hydrogen) atoms. The van der Waals surface area contributed by atoms with Gasteiger partial charge in [-0.15, -0.1) is 11.3 Å². The van der Waals surface area contributed by atoms with E-state index in [9.17, 15) is 4.79 Å². The first-order valence-corrected chi connectivity index (χ1v) is 6.93. The zero-order valence-corrected chi connectivity index (χ0v) is 12.0. The Morgan fingerprint density at radius 2 is 2.00 bits per heavy atom. The molecule has 0 spiro atoms. The fourth-order valence-corrected chi connectivity index (χ4v) is 2.43. The molecule has 2 aromatic rings. The average molecular weight is 277 g/mol. The highest BCUT2D eigenvalue weighted by atomic mass is 32.1. The Bertz CT molecular complexity index is 578. The summed E-state index contributed by atoms with van der Waals surface area (Å²) in [5.74, 6) is 0.203. The van der Waals surface area contributed by atoms with Gasteiger partial charge in [-0.05, 0) is 25.8 Å². The number of hydrogen-bond donors (Lipinski definition) is 0. The van der Waals surface area contributed by atoms with Gasteiger partial charge in [-0.2, -0.15) is 0 Å². The topological polar surface area (TPSA) is 65.0 Å². The van der Waals surface area contributed by atoms with Gasteiger partial charge < -0.3 is 4.74 Å². The van der Waals surface area contributed by atoms with Gasteiger partial charge >= 0.3 is 5.97 Å². The molecule has 2 rings (SSSR count). The highest BCUT2D eigenvalue weighted by molar-refractivity contribution is 7.16. The van der Waals surface area contributed by atoms with Crippen LogP contribution in [0.1, 0.15) is 34.8 Å². The predicted molar refractivity (Wildman–Crippen MR) is 73.2 cm³/mol. The van der Waals surface area contributed by atoms with Crippen LogP contribution in [-0.2, 0) is 11.2 Å². The highest BCUT2D eigenvalue weighted by Gasteiger charge is 2.18. The van der Waals surface area contributed by atoms with Crippen LogP contribution in [0.15, 0.2) is 12.4 Å². The van der Waals surface area contributed by atoms with E-state index in [4.69, 9.17) is 4.74 Å². The zero-order valence-electron chi connectivity index (χ0n) is 11.1. The second kappa shape index (κ2) is 5.88. The lowest BCUT2D eigenvalue weighted by Crippen LogP contribution is -2.03. The van der Waals surface area contributed by atoms with Crippen molar-refractivity contribution in [1.29, 1.82) is 0 Å². The first kappa shape index (κ1) is 13.6. The minimum atomic E-state index is -0.339. The number of esters is 1. The van der Waals surface area contributed by atoms with Crippen LogP contribution in [0.3, 0.4) is 0 Å². The Hall–Kier alpha value is -1.82. The highest BCUT2D eigenvalue weighted by Crippen LogP contribution is 2.25. The van der Waals surface area contributed by atoms with E-state index in [0.717, 1.165) is 12.0 Å². The molecule has 0 atom stereocenters. The summed E-state index contributed by atoms with van der Waals surface area (Å²) in [5.41, 5.74) is 1.73. The maximum Gasteiger partial charge on any atom is 0.350 e. The van der Waals surface area contributed by atoms with E-state index < -0.39 is 0 Å². The molecular weight excluding hydrogens is 262 g/mol. The fraction of sp³-hybridized carbons (Fsp3) is 0.385. The SMILES string of the molecule is CCOC(=O)c1sc(-c2ncc(CC)cn2)nc1C. The van der Waals surface area contributed by atoms with Gasteiger partial charge in [-0.3, -0.25) is 0 Å². The lowest BCUT2D eigenvalue weighted by Gasteiger charge is -1.98. The molecule has 0 bridgehead atoms. The summed E-state index contributed by atoms with van der Waals surface area (Å²) < 4.78 is 4.99. The number of carbonyl (C=O) groups is 1. The molecule has 0 aromatic carbocycles. The van der Waals surface area contributed by atoms with E-state index in [1.807, 2.05) is 6.92 Å². The number of ether oxygens (including phenoxy) is 1. The first-order valence-electron chi connectivity index (χ1n) is 6.11. The van der Waals surface area contributed by atoms with Gasteiger partial charge in [0.05, 0.1) is 12.3 Å². The molecule has 0 aliphatic rings. The molecule has 100 valence electrons. The van der Waals surface area contributed by atoms with Gasteiger partial charge in [0.15, 0.2) is 10.8 Å². The van der Waals surface area contributed by atoms with E-state index in [1.165, 1.54) is 11.3 Å². The molecule has 0 aliphatic carbocycles. The van der Waals surface area contributed by atoms with Crippen molar-refractivity contribution in [3.05, 3.63) is 28.5 Å². The van der Waals surface area contributed by atoms with Crippen molar-refractivity contribution >= 4 is 17.3 Å². The Morgan fingerprint density at radius 3 is 2.58 bits per heavy atom. The van der Waals surface area contributed by atoms with Gasteiger partial charge in [0.1, 0.15) is 4.88 Å². The van der Waals surface area contributed by atoms with Crippen LogP contribution < -0.4 is 0 Å². The largest absolute Gasteiger partial charge is 0.462 e. The van der Waals surface area contributed by atoms with E-state index >= 15 is 0 Å². The number of rotatable bonds is 4. The molecule has 0 radical (unpaired) electrons. The van der Waals surface area contributed by atoms with Crippen LogP contribution in [-0.4, -0.2) is 27.5 Å². The van der Waals surface area contributed by atoms with Crippen LogP contribution in [0.4, 0.5) is 0 Å². The molecular formula is C13H15N3O2S. The average Bonchev–Trinajstić information content (AvgIpc) is 2.81. The molecule has 0 unspecified atom stereocenters. The molecule has 2 heterocycles. The standard InChI is InChI=1S/C13H15N3O2S/c1-4-9-6-14-11(15-7-9)12-16-8(3)10(19-12)13(17)18-5-2/h6-7H,4-5H2,1-3H3. The van der Waals surface area contributed by atoms with Crippen molar-refractivity contribution in [3.8, 4) is 10.8 Å². The van der Waals surface area contributed by atoms with Crippen LogP contribution in [0.25, 0.3) is 10.8 Å². The Labute approximate surface area is 115 Å². The molecule has 0 N–H and O–H groups in total. The second-order valence-corrected chi connectivity index (χ2v) is 4.92. The maximum atomic E-state index is 11.7. The fourth-order valence-electron chi connectivity index (χ4n) is 1.53. The molecule has 0 saturated heterocycles. The van der Waals surface area contributed by atoms with Crippen LogP contribution in [0, 0.1) is 6.92 Å². The summed E-state index contributed by atoms with van der Waals surface area (Å²) >= 11 is 1.26. The minimum absolute atomic E-state index is 0.339. The molecule has 0 aliphatic heterocycles. The van der Waals surface area contributed by atoms with E-state index in [0.29, 0.717) is 28.0 Å². The van der Waals surface area contributed by atoms with E-state index in [-0.39, 0.29) is 5.97 Å². The summed E-state index contributed by atoms with van der Waals surface area (Å²) in [6.07, 6.45) is 4.46. The summed E-state index contributed by atoms with van der Waals surface area (Å²) in [7, 11) is 0. The molecule has 2 aromatic heterocycles. The third-order valence-electron chi connectivity index (χ3n) is 2.56. The molecule has 5 nitrogen and oxygen atoms in total. The second-order valence-electron chi connectivity index (χ2n) is 3.92. The van der Waals surface area contributed by atoms with Gasteiger partial charge in [-0.25, -0.2) is 19.7 Å². The smallest absolute Gasteiger partial charge is 0.350 e. The van der Waals surface area contributed by atoms with Crippen LogP contribution >= 0.6 is 11.3 Å². The summed E-state index contributed by atoms with van der Waals surface area (Å²) in [5, 5.41) is 0.642. The zero-order chi connectivity index (χ0) is 13.8. The van der Waals surface area contributed by atoms with Crippen molar-refractivity contribution < 1.29 is 9.53 Å². The number of carbonyl (C=O) groups excluding carboxylic acids is 1. The van der Waals surface area contributed by atoms with Crippen molar-refractivity contribution in [2.45, 2.75) is 27.2 Å². The van der Waals surface area contributed by atoms with Crippen LogP contribution in [0.2, 0.25) is 0 Å². The molecule has 0 amide bonds. The third-order valence-corrected chi connectivity index (χ3v) is 3.70. The van der Waals surface area contributed by atoms with E-state index in [1.54, 1.807) is 26.2 Å². The van der Waals surface area contributed by atoms with Crippen LogP contribution in [0.5, 0.6) is 0 Å².